The molecule has 3 aromatic carbocycles. The van der Waals surface area contributed by atoms with E-state index in [1.807, 2.05) is 66.7 Å². The molecule has 0 spiro atoms. The maximum absolute atomic E-state index is 12.5. The predicted molar refractivity (Wildman–Crippen MR) is 187 cm³/mol. The average molecular weight is 619 g/mol. The number of nitrogens with one attached hydrogen (secondary N) is 4. The fourth-order valence-electron chi connectivity index (χ4n) is 5.47. The van der Waals surface area contributed by atoms with Crippen LogP contribution in [0.1, 0.15) is 66.0 Å². The summed E-state index contributed by atoms with van der Waals surface area (Å²) >= 11 is 0. The second kappa shape index (κ2) is 18.3. The Kier molecular flexibility index (Phi) is 13.6. The summed E-state index contributed by atoms with van der Waals surface area (Å²) in [6.45, 7) is 6.66. The third-order valence-corrected chi connectivity index (χ3v) is 8.22. The van der Waals surface area contributed by atoms with Gasteiger partial charge in [-0.25, -0.2) is 0 Å². The number of likely N-dealkylation sites (N-methyl/N-ethyl adjacent to an activating group) is 2. The van der Waals surface area contributed by atoms with Gasteiger partial charge in [-0.1, -0.05) is 66.4 Å². The minimum atomic E-state index is -0.388. The van der Waals surface area contributed by atoms with E-state index in [0.29, 0.717) is 32.0 Å². The van der Waals surface area contributed by atoms with E-state index in [0.717, 1.165) is 53.0 Å². The third kappa shape index (κ3) is 10.7. The van der Waals surface area contributed by atoms with Crippen LogP contribution in [0.2, 0.25) is 0 Å². The number of aliphatic imine (C=N–C) groups is 1. The molecule has 1 aliphatic heterocycles. The molecule has 3 aromatic rings. The van der Waals surface area contributed by atoms with Gasteiger partial charge in [-0.15, -0.1) is 0 Å². The number of benzene rings is 3. The molecule has 0 aromatic heterocycles. The number of hydrogen-bond donors (Lipinski definition) is 4. The van der Waals surface area contributed by atoms with Crippen molar-refractivity contribution in [2.75, 3.05) is 33.7 Å². The molecule has 1 heterocycles. The van der Waals surface area contributed by atoms with Gasteiger partial charge in [-0.3, -0.25) is 14.6 Å². The molecule has 0 saturated carbocycles. The minimum Gasteiger partial charge on any atom is -0.382 e. The van der Waals surface area contributed by atoms with Crippen LogP contribution in [0.15, 0.2) is 90.1 Å². The van der Waals surface area contributed by atoms with E-state index < -0.39 is 0 Å². The lowest BCUT2D eigenvalue weighted by atomic mass is 10.1. The first-order valence-corrected chi connectivity index (χ1v) is 16.0. The zero-order valence-electron chi connectivity index (χ0n) is 27.0. The lowest BCUT2D eigenvalue weighted by Gasteiger charge is -2.21. The van der Waals surface area contributed by atoms with Crippen LogP contribution in [0.4, 0.5) is 0 Å². The van der Waals surface area contributed by atoms with Gasteiger partial charge in [0.1, 0.15) is 6.04 Å². The van der Waals surface area contributed by atoms with Gasteiger partial charge in [-0.05, 0) is 94.0 Å². The van der Waals surface area contributed by atoms with Crippen molar-refractivity contribution in [3.63, 3.8) is 0 Å². The minimum absolute atomic E-state index is 0.000949. The first-order valence-electron chi connectivity index (χ1n) is 16.0. The number of carbonyl (C=O) groups is 2. The van der Waals surface area contributed by atoms with E-state index in [9.17, 15) is 9.59 Å². The van der Waals surface area contributed by atoms with Crippen molar-refractivity contribution in [3.05, 3.63) is 113 Å². The fraction of sp³-hybridized carbons (Fsp3) is 0.342. The molecule has 4 N–H and O–H groups in total. The highest BCUT2D eigenvalue weighted by atomic mass is 16.2. The number of amides is 2. The second-order valence-corrected chi connectivity index (χ2v) is 11.6. The van der Waals surface area contributed by atoms with Gasteiger partial charge in [0.05, 0.1) is 5.70 Å². The molecule has 0 radical (unpaired) electrons. The SMILES string of the molecule is C=N/C=C(\NCC1CCCN1C)c1ccc(C#Cc2ccc(CNC(=O)CCCCNC(=O)C(NC)c3ccccc3)cc2)cc1. The Labute approximate surface area is 273 Å². The summed E-state index contributed by atoms with van der Waals surface area (Å²) in [5.74, 6) is 6.40. The van der Waals surface area contributed by atoms with Gasteiger partial charge >= 0.3 is 0 Å². The number of nitrogens with zero attached hydrogens (tertiary/aromatic N) is 2. The molecule has 1 saturated heterocycles. The monoisotopic (exact) mass is 618 g/mol. The average Bonchev–Trinajstić information content (AvgIpc) is 3.50. The van der Waals surface area contributed by atoms with E-state index in [4.69, 9.17) is 0 Å². The lowest BCUT2D eigenvalue weighted by molar-refractivity contribution is -0.123. The number of carbonyl (C=O) groups excluding carboxylic acids is 2. The summed E-state index contributed by atoms with van der Waals surface area (Å²) in [5.41, 5.74) is 5.79. The van der Waals surface area contributed by atoms with Crippen molar-refractivity contribution in [1.82, 2.24) is 26.2 Å². The van der Waals surface area contributed by atoms with Crippen molar-refractivity contribution in [2.24, 2.45) is 4.99 Å². The molecule has 1 aliphatic rings. The van der Waals surface area contributed by atoms with Crippen molar-refractivity contribution >= 4 is 24.2 Å². The van der Waals surface area contributed by atoms with Gasteiger partial charge in [0, 0.05) is 49.4 Å². The molecule has 4 rings (SSSR count). The second-order valence-electron chi connectivity index (χ2n) is 11.6. The largest absolute Gasteiger partial charge is 0.382 e. The zero-order valence-corrected chi connectivity index (χ0v) is 27.0. The van der Waals surface area contributed by atoms with Crippen LogP contribution >= 0.6 is 0 Å². The van der Waals surface area contributed by atoms with Crippen LogP contribution in [0.25, 0.3) is 5.70 Å². The van der Waals surface area contributed by atoms with E-state index >= 15 is 0 Å². The highest BCUT2D eigenvalue weighted by molar-refractivity contribution is 5.83. The maximum atomic E-state index is 12.5. The Bertz CT molecular complexity index is 1510. The quantitative estimate of drug-likeness (QED) is 0.113. The molecule has 0 aliphatic carbocycles. The summed E-state index contributed by atoms with van der Waals surface area (Å²) in [4.78, 5) is 31.2. The summed E-state index contributed by atoms with van der Waals surface area (Å²) in [6.07, 6.45) is 6.08. The van der Waals surface area contributed by atoms with Crippen LogP contribution < -0.4 is 21.3 Å². The summed E-state index contributed by atoms with van der Waals surface area (Å²) in [6, 6.07) is 25.8. The van der Waals surface area contributed by atoms with Gasteiger partial charge in [0.15, 0.2) is 0 Å². The summed E-state index contributed by atoms with van der Waals surface area (Å²) in [5, 5.41) is 12.5. The number of rotatable bonds is 15. The Hall–Kier alpha value is -4.71. The van der Waals surface area contributed by atoms with E-state index in [1.54, 1.807) is 13.2 Å². The van der Waals surface area contributed by atoms with Gasteiger partial charge in [0.2, 0.25) is 11.8 Å². The van der Waals surface area contributed by atoms with Crippen molar-refractivity contribution in [2.45, 2.75) is 50.7 Å². The third-order valence-electron chi connectivity index (χ3n) is 8.22. The Balaban J connectivity index is 1.15. The molecular formula is C38H46N6O2. The van der Waals surface area contributed by atoms with E-state index in [2.05, 4.69) is 68.9 Å². The van der Waals surface area contributed by atoms with Crippen LogP contribution in [-0.2, 0) is 16.1 Å². The van der Waals surface area contributed by atoms with Crippen LogP contribution in [0, 0.1) is 11.8 Å². The maximum Gasteiger partial charge on any atom is 0.241 e. The van der Waals surface area contributed by atoms with Crippen molar-refractivity contribution in [1.29, 1.82) is 0 Å². The molecule has 1 fully saturated rings. The smallest absolute Gasteiger partial charge is 0.241 e. The molecule has 240 valence electrons. The molecule has 8 heteroatoms. The fourth-order valence-corrected chi connectivity index (χ4v) is 5.47. The van der Waals surface area contributed by atoms with Crippen molar-refractivity contribution in [3.8, 4) is 11.8 Å². The van der Waals surface area contributed by atoms with Crippen LogP contribution in [0.3, 0.4) is 0 Å². The topological polar surface area (TPSA) is 97.9 Å². The van der Waals surface area contributed by atoms with Crippen molar-refractivity contribution < 1.29 is 9.59 Å². The van der Waals surface area contributed by atoms with E-state index in [1.165, 1.54) is 12.8 Å². The number of hydrogen-bond acceptors (Lipinski definition) is 6. The molecule has 0 bridgehead atoms. The molecular weight excluding hydrogens is 572 g/mol. The summed E-state index contributed by atoms with van der Waals surface area (Å²) < 4.78 is 0. The van der Waals surface area contributed by atoms with Crippen LogP contribution in [0.5, 0.6) is 0 Å². The molecule has 2 amide bonds. The molecule has 46 heavy (non-hydrogen) atoms. The van der Waals surface area contributed by atoms with Gasteiger partial charge in [0.25, 0.3) is 0 Å². The first kappa shape index (κ1) is 34.2. The molecule has 2 atom stereocenters. The predicted octanol–water partition coefficient (Wildman–Crippen LogP) is 4.63. The summed E-state index contributed by atoms with van der Waals surface area (Å²) in [7, 11) is 3.95. The highest BCUT2D eigenvalue weighted by Gasteiger charge is 2.21. The Morgan fingerprint density at radius 1 is 0.957 bits per heavy atom. The molecule has 2 unspecified atom stereocenters. The number of likely N-dealkylation sites (tertiary alicyclic amines) is 1. The van der Waals surface area contributed by atoms with Crippen LogP contribution in [-0.4, -0.2) is 63.2 Å². The standard InChI is InChI=1S/C38H46N6O2/c1-39-28-35(42-27-34-12-9-25-44(34)3)32-22-20-30(21-23-32)15-14-29-16-18-31(19-17-29)26-43-36(45)13-7-8-24-41-38(46)37(40-2)33-10-5-4-6-11-33/h4-6,10-11,16-23,28,34,37,40,42H,1,7-9,12-13,24-27H2,2-3H3,(H,41,46)(H,43,45)/b35-28-. The van der Waals surface area contributed by atoms with E-state index in [-0.39, 0.29) is 17.9 Å². The van der Waals surface area contributed by atoms with Gasteiger partial charge in [-0.2, -0.15) is 0 Å². The first-order chi connectivity index (χ1) is 22.5. The normalized spacial score (nSPS) is 15.3. The highest BCUT2D eigenvalue weighted by Crippen LogP contribution is 2.17. The Morgan fingerprint density at radius 2 is 1.65 bits per heavy atom. The van der Waals surface area contributed by atoms with Gasteiger partial charge < -0.3 is 26.2 Å². The Morgan fingerprint density at radius 3 is 2.28 bits per heavy atom. The molecule has 8 nitrogen and oxygen atoms in total. The number of unbranched alkanes of at least 4 members (excludes halogenated alkanes) is 1. The zero-order chi connectivity index (χ0) is 32.6. The lowest BCUT2D eigenvalue weighted by Crippen LogP contribution is -2.36.